The van der Waals surface area contributed by atoms with Crippen LogP contribution in [0.25, 0.3) is 22.5 Å². The molecule has 0 fully saturated rings. The molecule has 1 heterocycles. The van der Waals surface area contributed by atoms with Gasteiger partial charge in [-0.3, -0.25) is 0 Å². The van der Waals surface area contributed by atoms with Gasteiger partial charge in [0, 0.05) is 11.1 Å². The molecule has 21 heavy (non-hydrogen) atoms. The molecule has 0 aliphatic carbocycles. The maximum atomic E-state index is 4.71. The number of aromatic nitrogens is 1. The highest BCUT2D eigenvalue weighted by molar-refractivity contribution is 5.65. The molecule has 1 nitrogen and oxygen atoms in total. The van der Waals surface area contributed by atoms with Gasteiger partial charge in [-0.05, 0) is 19.1 Å². The zero-order valence-corrected chi connectivity index (χ0v) is 12.2. The van der Waals surface area contributed by atoms with Crippen molar-refractivity contribution in [3.63, 3.8) is 0 Å². The van der Waals surface area contributed by atoms with Crippen LogP contribution >= 0.6 is 0 Å². The van der Waals surface area contributed by atoms with Crippen molar-refractivity contribution in [1.82, 2.24) is 4.98 Å². The standard InChI is InChI=1S/C17H13N.C3H6/c1-3-8-14(9-4-1)16-12-7-13-17(18-16)15-10-5-2-6-11-15;1-3-2/h1-13H;3H,1H2,2H3. The van der Waals surface area contributed by atoms with Crippen LogP contribution in [0.5, 0.6) is 0 Å². The summed E-state index contributed by atoms with van der Waals surface area (Å²) in [7, 11) is 0. The first-order valence-corrected chi connectivity index (χ1v) is 7.00. The van der Waals surface area contributed by atoms with E-state index in [2.05, 4.69) is 36.9 Å². The Bertz CT molecular complexity index is 618. The summed E-state index contributed by atoms with van der Waals surface area (Å²) in [6.07, 6.45) is 1.75. The van der Waals surface area contributed by atoms with Crippen molar-refractivity contribution in [3.05, 3.63) is 91.5 Å². The van der Waals surface area contributed by atoms with Crippen molar-refractivity contribution in [1.29, 1.82) is 0 Å². The van der Waals surface area contributed by atoms with Crippen molar-refractivity contribution in [2.24, 2.45) is 0 Å². The maximum absolute atomic E-state index is 4.71. The third-order valence-electron chi connectivity index (χ3n) is 2.89. The highest BCUT2D eigenvalue weighted by Gasteiger charge is 2.01. The lowest BCUT2D eigenvalue weighted by Crippen LogP contribution is -1.87. The number of nitrogens with zero attached hydrogens (tertiary/aromatic N) is 1. The fraction of sp³-hybridized carbons (Fsp3) is 0.0500. The van der Waals surface area contributed by atoms with Crippen LogP contribution in [0.4, 0.5) is 0 Å². The molecular formula is C20H19N. The van der Waals surface area contributed by atoms with Crippen molar-refractivity contribution >= 4 is 0 Å². The van der Waals surface area contributed by atoms with Crippen LogP contribution in [0.15, 0.2) is 91.5 Å². The van der Waals surface area contributed by atoms with Crippen LogP contribution in [-0.2, 0) is 0 Å². The molecular weight excluding hydrogens is 254 g/mol. The van der Waals surface area contributed by atoms with Gasteiger partial charge in [0.2, 0.25) is 0 Å². The summed E-state index contributed by atoms with van der Waals surface area (Å²) in [4.78, 5) is 4.71. The lowest BCUT2D eigenvalue weighted by atomic mass is 10.1. The molecule has 1 aromatic heterocycles. The molecule has 0 unspecified atom stereocenters. The lowest BCUT2D eigenvalue weighted by Gasteiger charge is -2.04. The molecule has 0 atom stereocenters. The van der Waals surface area contributed by atoms with E-state index < -0.39 is 0 Å². The van der Waals surface area contributed by atoms with Crippen molar-refractivity contribution in [3.8, 4) is 22.5 Å². The van der Waals surface area contributed by atoms with Crippen LogP contribution in [0, 0.1) is 0 Å². The second-order valence-electron chi connectivity index (χ2n) is 4.55. The van der Waals surface area contributed by atoms with Crippen molar-refractivity contribution in [2.45, 2.75) is 6.92 Å². The Hall–Kier alpha value is -2.67. The third kappa shape index (κ3) is 4.15. The largest absolute Gasteiger partial charge is 0.248 e. The highest BCUT2D eigenvalue weighted by atomic mass is 14.7. The van der Waals surface area contributed by atoms with Gasteiger partial charge in [0.25, 0.3) is 0 Å². The first kappa shape index (κ1) is 14.7. The van der Waals surface area contributed by atoms with E-state index in [0.717, 1.165) is 22.5 Å². The third-order valence-corrected chi connectivity index (χ3v) is 2.89. The van der Waals surface area contributed by atoms with E-state index in [9.17, 15) is 0 Å². The van der Waals surface area contributed by atoms with E-state index in [1.54, 1.807) is 6.08 Å². The van der Waals surface area contributed by atoms with Gasteiger partial charge in [0.05, 0.1) is 11.4 Å². The molecule has 0 aliphatic rings. The molecule has 2 aromatic carbocycles. The molecule has 3 rings (SSSR count). The summed E-state index contributed by atoms with van der Waals surface area (Å²) >= 11 is 0. The predicted octanol–water partition coefficient (Wildman–Crippen LogP) is 5.61. The van der Waals surface area contributed by atoms with Crippen LogP contribution in [0.1, 0.15) is 6.92 Å². The second kappa shape index (κ2) is 7.81. The zero-order valence-electron chi connectivity index (χ0n) is 12.2. The summed E-state index contributed by atoms with van der Waals surface area (Å²) in [6.45, 7) is 5.25. The Balaban J connectivity index is 0.000000497. The molecule has 3 aromatic rings. The smallest absolute Gasteiger partial charge is 0.0709 e. The van der Waals surface area contributed by atoms with Crippen LogP contribution in [-0.4, -0.2) is 4.98 Å². The highest BCUT2D eigenvalue weighted by Crippen LogP contribution is 2.21. The molecule has 1 heteroatoms. The fourth-order valence-corrected chi connectivity index (χ4v) is 1.97. The predicted molar refractivity (Wildman–Crippen MR) is 91.0 cm³/mol. The van der Waals surface area contributed by atoms with Gasteiger partial charge in [-0.25, -0.2) is 4.98 Å². The van der Waals surface area contributed by atoms with Crippen LogP contribution in [0.2, 0.25) is 0 Å². The summed E-state index contributed by atoms with van der Waals surface area (Å²) in [6, 6.07) is 26.6. The molecule has 0 aliphatic heterocycles. The monoisotopic (exact) mass is 273 g/mol. The number of rotatable bonds is 2. The molecule has 104 valence electrons. The molecule has 0 radical (unpaired) electrons. The summed E-state index contributed by atoms with van der Waals surface area (Å²) in [5.74, 6) is 0. The molecule has 0 N–H and O–H groups in total. The average molecular weight is 273 g/mol. The van der Waals surface area contributed by atoms with Gasteiger partial charge >= 0.3 is 0 Å². The van der Waals surface area contributed by atoms with Crippen LogP contribution < -0.4 is 0 Å². The topological polar surface area (TPSA) is 12.9 Å². The number of hydrogen-bond acceptors (Lipinski definition) is 1. The number of pyridine rings is 1. The number of hydrogen-bond donors (Lipinski definition) is 0. The van der Waals surface area contributed by atoms with E-state index in [4.69, 9.17) is 4.98 Å². The molecule has 0 spiro atoms. The van der Waals surface area contributed by atoms with Gasteiger partial charge in [-0.15, -0.1) is 6.58 Å². The quantitative estimate of drug-likeness (QED) is 0.553. The summed E-state index contributed by atoms with van der Waals surface area (Å²) in [5.41, 5.74) is 4.32. The Kier molecular flexibility index (Phi) is 5.48. The van der Waals surface area contributed by atoms with Gasteiger partial charge in [0.1, 0.15) is 0 Å². The molecule has 0 amide bonds. The van der Waals surface area contributed by atoms with Gasteiger partial charge in [-0.1, -0.05) is 72.8 Å². The van der Waals surface area contributed by atoms with E-state index in [1.807, 2.05) is 55.5 Å². The Labute approximate surface area is 126 Å². The Morgan fingerprint density at radius 2 is 1.05 bits per heavy atom. The molecule has 0 bridgehead atoms. The first-order chi connectivity index (χ1) is 10.3. The van der Waals surface area contributed by atoms with Gasteiger partial charge in [0.15, 0.2) is 0 Å². The Morgan fingerprint density at radius 1 is 0.667 bits per heavy atom. The number of allylic oxidation sites excluding steroid dienone is 1. The minimum atomic E-state index is 1.01. The normalized spacial score (nSPS) is 9.38. The minimum Gasteiger partial charge on any atom is -0.248 e. The van der Waals surface area contributed by atoms with Gasteiger partial charge in [-0.2, -0.15) is 0 Å². The van der Waals surface area contributed by atoms with Gasteiger partial charge < -0.3 is 0 Å². The Morgan fingerprint density at radius 3 is 1.43 bits per heavy atom. The van der Waals surface area contributed by atoms with Crippen molar-refractivity contribution < 1.29 is 0 Å². The second-order valence-corrected chi connectivity index (χ2v) is 4.55. The molecule has 0 saturated heterocycles. The zero-order chi connectivity index (χ0) is 14.9. The van der Waals surface area contributed by atoms with Crippen LogP contribution in [0.3, 0.4) is 0 Å². The number of benzene rings is 2. The SMILES string of the molecule is C=CC.c1ccc(-c2cccc(-c3ccccc3)n2)cc1. The molecule has 0 saturated carbocycles. The summed E-state index contributed by atoms with van der Waals surface area (Å²) in [5, 5.41) is 0. The average Bonchev–Trinajstić information content (AvgIpc) is 2.57. The van der Waals surface area contributed by atoms with E-state index in [-0.39, 0.29) is 0 Å². The first-order valence-electron chi connectivity index (χ1n) is 7.00. The minimum absolute atomic E-state index is 1.01. The summed E-state index contributed by atoms with van der Waals surface area (Å²) < 4.78 is 0. The van der Waals surface area contributed by atoms with E-state index in [1.165, 1.54) is 0 Å². The van der Waals surface area contributed by atoms with E-state index in [0.29, 0.717) is 0 Å². The maximum Gasteiger partial charge on any atom is 0.0709 e. The fourth-order valence-electron chi connectivity index (χ4n) is 1.97. The van der Waals surface area contributed by atoms with Crippen molar-refractivity contribution in [2.75, 3.05) is 0 Å². The lowest BCUT2D eigenvalue weighted by molar-refractivity contribution is 1.32. The van der Waals surface area contributed by atoms with E-state index >= 15 is 0 Å².